The number of aldehydes is 1. The Kier molecular flexibility index (Phi) is 2.81. The van der Waals surface area contributed by atoms with Crippen LogP contribution in [0.4, 0.5) is 5.69 Å². The number of ether oxygens (including phenoxy) is 1. The first-order valence-corrected chi connectivity index (χ1v) is 6.30. The lowest BCUT2D eigenvalue weighted by atomic mass is 10.1. The van der Waals surface area contributed by atoms with Crippen molar-refractivity contribution in [3.05, 3.63) is 28.8 Å². The fourth-order valence-electron chi connectivity index (χ4n) is 2.76. The number of nitrogens with zero attached hydrogens (tertiary/aromatic N) is 1. The van der Waals surface area contributed by atoms with Crippen LogP contribution in [0.15, 0.2) is 18.2 Å². The summed E-state index contributed by atoms with van der Waals surface area (Å²) in [6.07, 6.45) is 3.69. The lowest BCUT2D eigenvalue weighted by Crippen LogP contribution is -2.43. The number of rotatable bonds is 2. The fraction of sp³-hybridized carbons (Fsp3) is 0.462. The smallest absolute Gasteiger partial charge is 0.152 e. The molecule has 0 amide bonds. The zero-order valence-electron chi connectivity index (χ0n) is 9.43. The van der Waals surface area contributed by atoms with Crippen LogP contribution in [-0.4, -0.2) is 31.6 Å². The molecule has 90 valence electrons. The molecule has 0 spiro atoms. The van der Waals surface area contributed by atoms with Gasteiger partial charge in [-0.1, -0.05) is 17.7 Å². The third-order valence-corrected chi connectivity index (χ3v) is 3.81. The zero-order valence-corrected chi connectivity index (χ0v) is 10.2. The molecule has 0 radical (unpaired) electrons. The van der Waals surface area contributed by atoms with Gasteiger partial charge in [0.25, 0.3) is 0 Å². The van der Waals surface area contributed by atoms with Crippen molar-refractivity contribution in [2.24, 2.45) is 0 Å². The van der Waals surface area contributed by atoms with E-state index in [0.29, 0.717) is 22.8 Å². The minimum atomic E-state index is 0.296. The fourth-order valence-corrected chi connectivity index (χ4v) is 3.06. The van der Waals surface area contributed by atoms with Gasteiger partial charge in [-0.25, -0.2) is 0 Å². The minimum absolute atomic E-state index is 0.296. The Balaban J connectivity index is 1.96. The van der Waals surface area contributed by atoms with E-state index in [9.17, 15) is 4.79 Å². The highest BCUT2D eigenvalue weighted by atomic mass is 35.5. The van der Waals surface area contributed by atoms with E-state index in [1.807, 2.05) is 18.2 Å². The number of carbonyl (C=O) groups is 1. The first-order valence-electron chi connectivity index (χ1n) is 5.92. The summed E-state index contributed by atoms with van der Waals surface area (Å²) in [7, 11) is 0. The Morgan fingerprint density at radius 2 is 2.00 bits per heavy atom. The Labute approximate surface area is 105 Å². The first-order chi connectivity index (χ1) is 8.28. The predicted molar refractivity (Wildman–Crippen MR) is 66.9 cm³/mol. The van der Waals surface area contributed by atoms with E-state index in [1.165, 1.54) is 0 Å². The van der Waals surface area contributed by atoms with Crippen molar-refractivity contribution < 1.29 is 9.53 Å². The average Bonchev–Trinajstić information content (AvgIpc) is 2.68. The van der Waals surface area contributed by atoms with Gasteiger partial charge in [0.2, 0.25) is 0 Å². The lowest BCUT2D eigenvalue weighted by molar-refractivity contribution is 0.0304. The quantitative estimate of drug-likeness (QED) is 0.757. The molecule has 2 bridgehead atoms. The number of fused-ring (bicyclic) bond motifs is 2. The summed E-state index contributed by atoms with van der Waals surface area (Å²) in [5, 5.41) is 0.649. The van der Waals surface area contributed by atoms with E-state index in [-0.39, 0.29) is 0 Å². The van der Waals surface area contributed by atoms with Gasteiger partial charge in [0.15, 0.2) is 6.29 Å². The molecule has 2 heterocycles. The van der Waals surface area contributed by atoms with Crippen molar-refractivity contribution in [3.8, 4) is 0 Å². The highest BCUT2D eigenvalue weighted by Crippen LogP contribution is 2.35. The molecule has 4 heteroatoms. The highest BCUT2D eigenvalue weighted by molar-refractivity contribution is 6.33. The number of carbonyl (C=O) groups excluding carboxylic acids is 1. The van der Waals surface area contributed by atoms with Crippen molar-refractivity contribution in [2.75, 3.05) is 18.0 Å². The zero-order chi connectivity index (χ0) is 11.8. The number of halogens is 1. The summed E-state index contributed by atoms with van der Waals surface area (Å²) in [6, 6.07) is 5.46. The first kappa shape index (κ1) is 11.1. The average molecular weight is 252 g/mol. The number of morpholine rings is 1. The van der Waals surface area contributed by atoms with Gasteiger partial charge in [0.05, 0.1) is 22.9 Å². The van der Waals surface area contributed by atoms with Gasteiger partial charge in [0, 0.05) is 18.7 Å². The second-order valence-electron chi connectivity index (χ2n) is 4.66. The molecule has 2 atom stereocenters. The molecule has 1 aromatic rings. The van der Waals surface area contributed by atoms with Crippen molar-refractivity contribution in [2.45, 2.75) is 25.0 Å². The summed E-state index contributed by atoms with van der Waals surface area (Å²) >= 11 is 6.22. The number of benzene rings is 1. The molecule has 0 N–H and O–H groups in total. The second kappa shape index (κ2) is 4.31. The van der Waals surface area contributed by atoms with Gasteiger partial charge < -0.3 is 9.64 Å². The van der Waals surface area contributed by atoms with Crippen molar-refractivity contribution in [1.82, 2.24) is 0 Å². The third-order valence-electron chi connectivity index (χ3n) is 3.50. The molecule has 1 aromatic carbocycles. The largest absolute Gasteiger partial charge is 0.371 e. The summed E-state index contributed by atoms with van der Waals surface area (Å²) in [6.45, 7) is 1.67. The van der Waals surface area contributed by atoms with Crippen molar-refractivity contribution in [1.29, 1.82) is 0 Å². The maximum atomic E-state index is 11.1. The van der Waals surface area contributed by atoms with Crippen LogP contribution < -0.4 is 4.90 Å². The van der Waals surface area contributed by atoms with Crippen molar-refractivity contribution in [3.63, 3.8) is 0 Å². The van der Waals surface area contributed by atoms with Crippen molar-refractivity contribution >= 4 is 23.6 Å². The molecule has 2 aliphatic rings. The summed E-state index contributed by atoms with van der Waals surface area (Å²) in [5.41, 5.74) is 1.53. The molecule has 2 saturated heterocycles. The topological polar surface area (TPSA) is 29.5 Å². The van der Waals surface area contributed by atoms with Gasteiger partial charge >= 0.3 is 0 Å². The molecule has 2 aliphatic heterocycles. The second-order valence-corrected chi connectivity index (χ2v) is 5.07. The number of para-hydroxylation sites is 1. The molecule has 2 unspecified atom stereocenters. The Hall–Kier alpha value is -1.06. The number of hydrogen-bond acceptors (Lipinski definition) is 3. The normalized spacial score (nSPS) is 27.2. The molecule has 0 saturated carbocycles. The van der Waals surface area contributed by atoms with Crippen LogP contribution in [0.2, 0.25) is 5.02 Å². The third kappa shape index (κ3) is 1.94. The van der Waals surface area contributed by atoms with Crippen LogP contribution in [0.3, 0.4) is 0 Å². The lowest BCUT2D eigenvalue weighted by Gasteiger charge is -2.35. The van der Waals surface area contributed by atoms with E-state index in [0.717, 1.165) is 37.9 Å². The molecule has 3 rings (SSSR count). The molecule has 3 nitrogen and oxygen atoms in total. The SMILES string of the molecule is O=Cc1cccc(Cl)c1N1CC2CCC(C1)O2. The highest BCUT2D eigenvalue weighted by Gasteiger charge is 2.34. The molecule has 0 aromatic heterocycles. The van der Waals surface area contributed by atoms with E-state index in [1.54, 1.807) is 0 Å². The van der Waals surface area contributed by atoms with Gasteiger partial charge in [-0.3, -0.25) is 4.79 Å². The van der Waals surface area contributed by atoms with Crippen LogP contribution in [0.25, 0.3) is 0 Å². The molecular formula is C13H14ClNO2. The summed E-state index contributed by atoms with van der Waals surface area (Å²) in [4.78, 5) is 13.3. The standard InChI is InChI=1S/C13H14ClNO2/c14-12-3-1-2-9(8-16)13(12)15-6-10-4-5-11(7-15)17-10/h1-3,8,10-11H,4-7H2. The summed E-state index contributed by atoms with van der Waals surface area (Å²) < 4.78 is 5.79. The Morgan fingerprint density at radius 1 is 1.29 bits per heavy atom. The van der Waals surface area contributed by atoms with E-state index in [4.69, 9.17) is 16.3 Å². The molecular weight excluding hydrogens is 238 g/mol. The van der Waals surface area contributed by atoms with Crippen LogP contribution in [0, 0.1) is 0 Å². The molecule has 0 aliphatic carbocycles. The maximum Gasteiger partial charge on any atom is 0.152 e. The Bertz CT molecular complexity index is 437. The van der Waals surface area contributed by atoms with Gasteiger partial charge in [-0.05, 0) is 25.0 Å². The predicted octanol–water partition coefficient (Wildman–Crippen LogP) is 2.52. The van der Waals surface area contributed by atoms with E-state index in [2.05, 4.69) is 4.90 Å². The van der Waals surface area contributed by atoms with E-state index < -0.39 is 0 Å². The van der Waals surface area contributed by atoms with Gasteiger partial charge in [-0.2, -0.15) is 0 Å². The number of hydrogen-bond donors (Lipinski definition) is 0. The molecule has 17 heavy (non-hydrogen) atoms. The maximum absolute atomic E-state index is 11.1. The van der Waals surface area contributed by atoms with Crippen LogP contribution in [0.1, 0.15) is 23.2 Å². The summed E-state index contributed by atoms with van der Waals surface area (Å²) in [5.74, 6) is 0. The van der Waals surface area contributed by atoms with Crippen LogP contribution in [0.5, 0.6) is 0 Å². The van der Waals surface area contributed by atoms with Crippen LogP contribution in [-0.2, 0) is 4.74 Å². The minimum Gasteiger partial charge on any atom is -0.371 e. The van der Waals surface area contributed by atoms with E-state index >= 15 is 0 Å². The number of anilines is 1. The molecule has 2 fully saturated rings. The monoisotopic (exact) mass is 251 g/mol. The van der Waals surface area contributed by atoms with Gasteiger partial charge in [0.1, 0.15) is 0 Å². The van der Waals surface area contributed by atoms with Gasteiger partial charge in [-0.15, -0.1) is 0 Å². The van der Waals surface area contributed by atoms with Crippen LogP contribution >= 0.6 is 11.6 Å². The Morgan fingerprint density at radius 3 is 2.65 bits per heavy atom.